The second kappa shape index (κ2) is 5.19. The summed E-state index contributed by atoms with van der Waals surface area (Å²) in [5.41, 5.74) is 1.89. The van der Waals surface area contributed by atoms with Crippen molar-refractivity contribution in [2.75, 3.05) is 18.5 Å². The maximum Gasteiger partial charge on any atom is 0.422 e. The minimum atomic E-state index is -4.31. The molecule has 0 bridgehead atoms. The summed E-state index contributed by atoms with van der Waals surface area (Å²) in [4.78, 5) is 0. The topological polar surface area (TPSA) is 21.3 Å². The summed E-state index contributed by atoms with van der Waals surface area (Å²) in [6, 6.07) is 5.27. The lowest BCUT2D eigenvalue weighted by molar-refractivity contribution is -0.153. The normalized spacial score (nSPS) is 19.2. The standard InChI is InChI=1S/C15H20F3NO/c1-14(2,3)11-7-10-5-4-6-12(13(10)19-8-11)20-9-15(16,17)18/h4-6,11,19H,7-9H2,1-3H3. The van der Waals surface area contributed by atoms with Gasteiger partial charge in [0.25, 0.3) is 0 Å². The van der Waals surface area contributed by atoms with Crippen molar-refractivity contribution in [2.24, 2.45) is 11.3 Å². The Morgan fingerprint density at radius 3 is 2.55 bits per heavy atom. The number of fused-ring (bicyclic) bond motifs is 1. The maximum absolute atomic E-state index is 12.2. The number of hydrogen-bond acceptors (Lipinski definition) is 2. The van der Waals surface area contributed by atoms with E-state index in [-0.39, 0.29) is 11.2 Å². The van der Waals surface area contributed by atoms with E-state index in [1.807, 2.05) is 6.07 Å². The molecule has 2 nitrogen and oxygen atoms in total. The smallest absolute Gasteiger partial charge is 0.422 e. The second-order valence-electron chi connectivity index (χ2n) is 6.34. The Bertz CT molecular complexity index is 463. The number of anilines is 1. The first-order chi connectivity index (χ1) is 9.17. The lowest BCUT2D eigenvalue weighted by Gasteiger charge is -2.36. The zero-order chi connectivity index (χ0) is 15.0. The number of alkyl halides is 3. The lowest BCUT2D eigenvalue weighted by atomic mass is 9.75. The molecule has 1 aromatic carbocycles. The van der Waals surface area contributed by atoms with Crippen molar-refractivity contribution in [2.45, 2.75) is 33.4 Å². The van der Waals surface area contributed by atoms with Crippen LogP contribution in [0, 0.1) is 11.3 Å². The molecule has 1 aliphatic heterocycles. The Balaban J connectivity index is 2.16. The summed E-state index contributed by atoms with van der Waals surface area (Å²) in [5.74, 6) is 0.736. The fourth-order valence-corrected chi connectivity index (χ4v) is 2.40. The van der Waals surface area contributed by atoms with E-state index in [0.29, 0.717) is 11.6 Å². The minimum Gasteiger partial charge on any atom is -0.482 e. The zero-order valence-electron chi connectivity index (χ0n) is 12.0. The van der Waals surface area contributed by atoms with Gasteiger partial charge in [0.1, 0.15) is 5.75 Å². The summed E-state index contributed by atoms with van der Waals surface area (Å²) in [5, 5.41) is 3.23. The quantitative estimate of drug-likeness (QED) is 0.877. The number of rotatable bonds is 2. The molecule has 0 amide bonds. The molecule has 0 saturated heterocycles. The number of para-hydroxylation sites is 1. The van der Waals surface area contributed by atoms with Gasteiger partial charge in [-0.1, -0.05) is 32.9 Å². The number of nitrogens with one attached hydrogen (secondary N) is 1. The highest BCUT2D eigenvalue weighted by molar-refractivity contribution is 5.63. The Morgan fingerprint density at radius 2 is 1.95 bits per heavy atom. The van der Waals surface area contributed by atoms with E-state index in [0.717, 1.165) is 18.5 Å². The molecule has 0 saturated carbocycles. The molecule has 1 aromatic rings. The van der Waals surface area contributed by atoms with Crippen LogP contribution in [0.2, 0.25) is 0 Å². The molecule has 0 spiro atoms. The molecule has 1 aliphatic rings. The average molecular weight is 287 g/mol. The highest BCUT2D eigenvalue weighted by Crippen LogP contribution is 2.39. The van der Waals surface area contributed by atoms with E-state index in [9.17, 15) is 13.2 Å². The molecule has 2 rings (SSSR count). The third kappa shape index (κ3) is 3.58. The summed E-state index contributed by atoms with van der Waals surface area (Å²) in [7, 11) is 0. The summed E-state index contributed by atoms with van der Waals surface area (Å²) in [6.45, 7) is 6.02. The predicted molar refractivity (Wildman–Crippen MR) is 73.1 cm³/mol. The number of benzene rings is 1. The minimum absolute atomic E-state index is 0.160. The van der Waals surface area contributed by atoms with Crippen LogP contribution >= 0.6 is 0 Å². The molecule has 1 atom stereocenters. The van der Waals surface area contributed by atoms with Crippen molar-refractivity contribution in [3.8, 4) is 5.75 Å². The summed E-state index contributed by atoms with van der Waals surface area (Å²) < 4.78 is 41.6. The van der Waals surface area contributed by atoms with Gasteiger partial charge in [0.05, 0.1) is 5.69 Å². The van der Waals surface area contributed by atoms with Gasteiger partial charge in [0.2, 0.25) is 0 Å². The third-order valence-electron chi connectivity index (χ3n) is 3.72. The van der Waals surface area contributed by atoms with Crippen molar-refractivity contribution in [1.29, 1.82) is 0 Å². The Labute approximate surface area is 117 Å². The van der Waals surface area contributed by atoms with Gasteiger partial charge in [0, 0.05) is 6.54 Å². The van der Waals surface area contributed by atoms with Crippen LogP contribution in [0.15, 0.2) is 18.2 Å². The van der Waals surface area contributed by atoms with Crippen molar-refractivity contribution in [3.63, 3.8) is 0 Å². The van der Waals surface area contributed by atoms with E-state index < -0.39 is 12.8 Å². The first kappa shape index (κ1) is 15.0. The van der Waals surface area contributed by atoms with Crippen LogP contribution in [0.4, 0.5) is 18.9 Å². The molecule has 112 valence electrons. The van der Waals surface area contributed by atoms with Gasteiger partial charge in [0.15, 0.2) is 6.61 Å². The van der Waals surface area contributed by atoms with E-state index in [1.165, 1.54) is 0 Å². The van der Waals surface area contributed by atoms with Crippen LogP contribution in [-0.4, -0.2) is 19.3 Å². The van der Waals surface area contributed by atoms with E-state index in [1.54, 1.807) is 12.1 Å². The summed E-state index contributed by atoms with van der Waals surface area (Å²) in [6.07, 6.45) is -3.46. The maximum atomic E-state index is 12.2. The molecule has 1 heterocycles. The molecule has 1 N–H and O–H groups in total. The SMILES string of the molecule is CC(C)(C)C1CNc2c(cccc2OCC(F)(F)F)C1. The van der Waals surface area contributed by atoms with Gasteiger partial charge >= 0.3 is 6.18 Å². The molecular formula is C15H20F3NO. The first-order valence-electron chi connectivity index (χ1n) is 6.72. The van der Waals surface area contributed by atoms with Crippen molar-refractivity contribution < 1.29 is 17.9 Å². The highest BCUT2D eigenvalue weighted by Gasteiger charge is 2.32. The third-order valence-corrected chi connectivity index (χ3v) is 3.72. The van der Waals surface area contributed by atoms with Gasteiger partial charge in [-0.25, -0.2) is 0 Å². The largest absolute Gasteiger partial charge is 0.482 e. The Kier molecular flexibility index (Phi) is 3.89. The molecule has 0 radical (unpaired) electrons. The Hall–Kier alpha value is -1.39. The Morgan fingerprint density at radius 1 is 1.25 bits per heavy atom. The number of halogens is 3. The van der Waals surface area contributed by atoms with Crippen LogP contribution in [0.25, 0.3) is 0 Å². The van der Waals surface area contributed by atoms with Crippen LogP contribution in [0.5, 0.6) is 5.75 Å². The molecule has 1 unspecified atom stereocenters. The average Bonchev–Trinajstić information content (AvgIpc) is 2.33. The van der Waals surface area contributed by atoms with Crippen molar-refractivity contribution >= 4 is 5.69 Å². The molecule has 5 heteroatoms. The molecule has 20 heavy (non-hydrogen) atoms. The van der Waals surface area contributed by atoms with Crippen LogP contribution < -0.4 is 10.1 Å². The van der Waals surface area contributed by atoms with Crippen molar-refractivity contribution in [1.82, 2.24) is 0 Å². The summed E-state index contributed by atoms with van der Waals surface area (Å²) >= 11 is 0. The van der Waals surface area contributed by atoms with Crippen LogP contribution in [0.1, 0.15) is 26.3 Å². The van der Waals surface area contributed by atoms with Crippen molar-refractivity contribution in [3.05, 3.63) is 23.8 Å². The van der Waals surface area contributed by atoms with Crippen LogP contribution in [-0.2, 0) is 6.42 Å². The number of ether oxygens (including phenoxy) is 1. The molecule has 0 aliphatic carbocycles. The molecule has 0 fully saturated rings. The van der Waals surface area contributed by atoms with Gasteiger partial charge < -0.3 is 10.1 Å². The van der Waals surface area contributed by atoms with Gasteiger partial charge in [-0.2, -0.15) is 13.2 Å². The predicted octanol–water partition coefficient (Wildman–Crippen LogP) is 4.26. The highest BCUT2D eigenvalue weighted by atomic mass is 19.4. The van der Waals surface area contributed by atoms with Gasteiger partial charge in [-0.3, -0.25) is 0 Å². The van der Waals surface area contributed by atoms with E-state index in [4.69, 9.17) is 4.74 Å². The van der Waals surface area contributed by atoms with E-state index >= 15 is 0 Å². The molecular weight excluding hydrogens is 267 g/mol. The van der Waals surface area contributed by atoms with Gasteiger partial charge in [-0.15, -0.1) is 0 Å². The lowest BCUT2D eigenvalue weighted by Crippen LogP contribution is -2.33. The molecule has 0 aromatic heterocycles. The first-order valence-corrected chi connectivity index (χ1v) is 6.72. The van der Waals surface area contributed by atoms with Crippen LogP contribution in [0.3, 0.4) is 0 Å². The fraction of sp³-hybridized carbons (Fsp3) is 0.600. The zero-order valence-corrected chi connectivity index (χ0v) is 12.0. The van der Waals surface area contributed by atoms with Gasteiger partial charge in [-0.05, 0) is 29.4 Å². The monoisotopic (exact) mass is 287 g/mol. The number of hydrogen-bond donors (Lipinski definition) is 1. The van der Waals surface area contributed by atoms with E-state index in [2.05, 4.69) is 26.1 Å². The second-order valence-corrected chi connectivity index (χ2v) is 6.34. The fourth-order valence-electron chi connectivity index (χ4n) is 2.40.